The molecule has 22 heavy (non-hydrogen) atoms. The van der Waals surface area contributed by atoms with Crippen molar-refractivity contribution in [2.45, 2.75) is 6.42 Å². The minimum Gasteiger partial charge on any atom is -0.465 e. The minimum atomic E-state index is -0.511. The first-order valence-electron chi connectivity index (χ1n) is 6.94. The van der Waals surface area contributed by atoms with Gasteiger partial charge in [-0.2, -0.15) is 0 Å². The maximum Gasteiger partial charge on any atom is 0.339 e. The first kappa shape index (κ1) is 15.8. The van der Waals surface area contributed by atoms with Crippen molar-refractivity contribution in [3.63, 3.8) is 0 Å². The third-order valence-corrected chi connectivity index (χ3v) is 3.52. The minimum absolute atomic E-state index is 0.123. The average Bonchev–Trinajstić information content (AvgIpc) is 2.93. The molecule has 1 heterocycles. The summed E-state index contributed by atoms with van der Waals surface area (Å²) in [7, 11) is 1.29. The molecule has 1 atom stereocenters. The van der Waals surface area contributed by atoms with Gasteiger partial charge in [0.1, 0.15) is 0 Å². The molecule has 1 unspecified atom stereocenters. The van der Waals surface area contributed by atoms with Gasteiger partial charge in [-0.1, -0.05) is 18.2 Å². The van der Waals surface area contributed by atoms with Crippen molar-refractivity contribution in [2.75, 3.05) is 25.1 Å². The molecule has 0 aliphatic carbocycles. The molecule has 0 bridgehead atoms. The molecule has 1 aromatic rings. The molecule has 0 radical (unpaired) electrons. The SMILES string of the molecule is C=CCNC(=O)C1CC(=O)N(c2ccccc2C(=O)OC)C1. The van der Waals surface area contributed by atoms with Gasteiger partial charge in [0.05, 0.1) is 24.3 Å². The summed E-state index contributed by atoms with van der Waals surface area (Å²) in [5.74, 6) is -1.32. The summed E-state index contributed by atoms with van der Waals surface area (Å²) in [4.78, 5) is 37.4. The predicted octanol–water partition coefficient (Wildman–Crippen LogP) is 1.13. The van der Waals surface area contributed by atoms with E-state index in [0.29, 0.717) is 17.8 Å². The number of amides is 2. The molecule has 116 valence electrons. The van der Waals surface area contributed by atoms with Crippen molar-refractivity contribution in [2.24, 2.45) is 5.92 Å². The van der Waals surface area contributed by atoms with Crippen LogP contribution in [0.1, 0.15) is 16.8 Å². The highest BCUT2D eigenvalue weighted by molar-refractivity contribution is 6.05. The second-order valence-electron chi connectivity index (χ2n) is 4.95. The average molecular weight is 302 g/mol. The van der Waals surface area contributed by atoms with Crippen LogP contribution in [0.2, 0.25) is 0 Å². The molecule has 0 spiro atoms. The third-order valence-electron chi connectivity index (χ3n) is 3.52. The molecule has 0 aromatic heterocycles. The number of methoxy groups -OCH3 is 1. The van der Waals surface area contributed by atoms with Crippen LogP contribution in [0.3, 0.4) is 0 Å². The zero-order chi connectivity index (χ0) is 16.1. The van der Waals surface area contributed by atoms with E-state index in [0.717, 1.165) is 0 Å². The van der Waals surface area contributed by atoms with E-state index in [9.17, 15) is 14.4 Å². The summed E-state index contributed by atoms with van der Waals surface area (Å²) in [5.41, 5.74) is 0.781. The Morgan fingerprint density at radius 2 is 2.18 bits per heavy atom. The number of para-hydroxylation sites is 1. The number of nitrogens with one attached hydrogen (secondary N) is 1. The van der Waals surface area contributed by atoms with Crippen molar-refractivity contribution in [1.29, 1.82) is 0 Å². The van der Waals surface area contributed by atoms with Crippen LogP contribution in [0.25, 0.3) is 0 Å². The number of ether oxygens (including phenoxy) is 1. The maximum absolute atomic E-state index is 12.2. The summed E-state index contributed by atoms with van der Waals surface area (Å²) in [6.07, 6.45) is 1.71. The van der Waals surface area contributed by atoms with E-state index in [1.54, 1.807) is 30.3 Å². The molecule has 1 saturated heterocycles. The first-order valence-corrected chi connectivity index (χ1v) is 6.94. The van der Waals surface area contributed by atoms with Gasteiger partial charge >= 0.3 is 5.97 Å². The Hall–Kier alpha value is -2.63. The van der Waals surface area contributed by atoms with Gasteiger partial charge in [0.15, 0.2) is 0 Å². The molecule has 0 saturated carbocycles. The monoisotopic (exact) mass is 302 g/mol. The Morgan fingerprint density at radius 3 is 2.86 bits per heavy atom. The number of carbonyl (C=O) groups is 3. The van der Waals surface area contributed by atoms with E-state index in [-0.39, 0.29) is 24.8 Å². The Bertz CT molecular complexity index is 612. The van der Waals surface area contributed by atoms with Gasteiger partial charge < -0.3 is 15.0 Å². The standard InChI is InChI=1S/C16H18N2O4/c1-3-8-17-15(20)11-9-14(19)18(10-11)13-7-5-4-6-12(13)16(21)22-2/h3-7,11H,1,8-10H2,2H3,(H,17,20). The number of rotatable bonds is 5. The summed E-state index contributed by atoms with van der Waals surface area (Å²) < 4.78 is 4.73. The third kappa shape index (κ3) is 3.16. The van der Waals surface area contributed by atoms with Gasteiger partial charge in [-0.15, -0.1) is 6.58 Å². The zero-order valence-electron chi connectivity index (χ0n) is 12.4. The van der Waals surface area contributed by atoms with Gasteiger partial charge in [-0.05, 0) is 12.1 Å². The van der Waals surface area contributed by atoms with Crippen LogP contribution in [0.4, 0.5) is 5.69 Å². The Morgan fingerprint density at radius 1 is 1.45 bits per heavy atom. The Balaban J connectivity index is 2.20. The van der Waals surface area contributed by atoms with Crippen LogP contribution in [-0.2, 0) is 14.3 Å². The van der Waals surface area contributed by atoms with Crippen molar-refractivity contribution in [3.05, 3.63) is 42.5 Å². The van der Waals surface area contributed by atoms with Crippen molar-refractivity contribution < 1.29 is 19.1 Å². The van der Waals surface area contributed by atoms with E-state index in [4.69, 9.17) is 4.74 Å². The molecule has 1 aromatic carbocycles. The van der Waals surface area contributed by atoms with Crippen molar-refractivity contribution in [1.82, 2.24) is 5.32 Å². The van der Waals surface area contributed by atoms with Gasteiger partial charge in [0.25, 0.3) is 0 Å². The number of anilines is 1. The lowest BCUT2D eigenvalue weighted by Gasteiger charge is -2.19. The van der Waals surface area contributed by atoms with Gasteiger partial charge in [-0.3, -0.25) is 9.59 Å². The van der Waals surface area contributed by atoms with Crippen molar-refractivity contribution >= 4 is 23.5 Å². The smallest absolute Gasteiger partial charge is 0.339 e. The van der Waals surface area contributed by atoms with Crippen LogP contribution in [0.15, 0.2) is 36.9 Å². The van der Waals surface area contributed by atoms with E-state index in [1.165, 1.54) is 12.0 Å². The van der Waals surface area contributed by atoms with E-state index >= 15 is 0 Å². The quantitative estimate of drug-likeness (QED) is 0.653. The van der Waals surface area contributed by atoms with E-state index in [2.05, 4.69) is 11.9 Å². The number of nitrogens with zero attached hydrogens (tertiary/aromatic N) is 1. The summed E-state index contributed by atoms with van der Waals surface area (Å²) in [5, 5.41) is 2.69. The number of esters is 1. The molecule has 1 aliphatic heterocycles. The normalized spacial score (nSPS) is 17.2. The number of hydrogen-bond acceptors (Lipinski definition) is 4. The largest absolute Gasteiger partial charge is 0.465 e. The van der Waals surface area contributed by atoms with Crippen molar-refractivity contribution in [3.8, 4) is 0 Å². The number of benzene rings is 1. The Kier molecular flexibility index (Phi) is 4.93. The van der Waals surface area contributed by atoms with Crippen LogP contribution in [-0.4, -0.2) is 38.0 Å². The summed E-state index contributed by atoms with van der Waals surface area (Å²) >= 11 is 0. The van der Waals surface area contributed by atoms with Crippen LogP contribution in [0, 0.1) is 5.92 Å². The molecular weight excluding hydrogens is 284 g/mol. The fourth-order valence-electron chi connectivity index (χ4n) is 2.42. The highest BCUT2D eigenvalue weighted by Gasteiger charge is 2.36. The Labute approximate surface area is 128 Å². The highest BCUT2D eigenvalue weighted by Crippen LogP contribution is 2.28. The maximum atomic E-state index is 12.2. The molecule has 6 heteroatoms. The molecule has 1 N–H and O–H groups in total. The molecule has 6 nitrogen and oxygen atoms in total. The first-order chi connectivity index (χ1) is 10.6. The molecule has 2 rings (SSSR count). The van der Waals surface area contributed by atoms with Gasteiger partial charge in [-0.25, -0.2) is 4.79 Å². The fraction of sp³-hybridized carbons (Fsp3) is 0.312. The number of carbonyl (C=O) groups excluding carboxylic acids is 3. The highest BCUT2D eigenvalue weighted by atomic mass is 16.5. The molecule has 2 amide bonds. The predicted molar refractivity (Wildman–Crippen MR) is 81.4 cm³/mol. The van der Waals surface area contributed by atoms with E-state index in [1.807, 2.05) is 0 Å². The van der Waals surface area contributed by atoms with E-state index < -0.39 is 11.9 Å². The molecular formula is C16H18N2O4. The summed E-state index contributed by atoms with van der Waals surface area (Å²) in [6, 6.07) is 6.71. The number of hydrogen-bond donors (Lipinski definition) is 1. The fourth-order valence-corrected chi connectivity index (χ4v) is 2.42. The molecule has 1 aliphatic rings. The molecule has 1 fully saturated rings. The van der Waals surface area contributed by atoms with Crippen LogP contribution < -0.4 is 10.2 Å². The second-order valence-corrected chi connectivity index (χ2v) is 4.95. The van der Waals surface area contributed by atoms with Gasteiger partial charge in [0.2, 0.25) is 11.8 Å². The van der Waals surface area contributed by atoms with Crippen LogP contribution >= 0.6 is 0 Å². The zero-order valence-corrected chi connectivity index (χ0v) is 12.4. The lowest BCUT2D eigenvalue weighted by atomic mass is 10.1. The second kappa shape index (κ2) is 6.89. The van der Waals surface area contributed by atoms with Crippen LogP contribution in [0.5, 0.6) is 0 Å². The lowest BCUT2D eigenvalue weighted by Crippen LogP contribution is -2.33. The van der Waals surface area contributed by atoms with Gasteiger partial charge in [0, 0.05) is 19.5 Å². The summed E-state index contributed by atoms with van der Waals surface area (Å²) in [6.45, 7) is 4.14. The topological polar surface area (TPSA) is 75.7 Å². The lowest BCUT2D eigenvalue weighted by molar-refractivity contribution is -0.126.